The Morgan fingerprint density at radius 3 is 2.32 bits per heavy atom. The van der Waals surface area contributed by atoms with Crippen LogP contribution in [0.25, 0.3) is 0 Å². The van der Waals surface area contributed by atoms with Gasteiger partial charge in [0.25, 0.3) is 0 Å². The summed E-state index contributed by atoms with van der Waals surface area (Å²) in [6.07, 6.45) is 5.82. The van der Waals surface area contributed by atoms with Crippen molar-refractivity contribution in [3.8, 4) is 0 Å². The molecule has 2 rings (SSSR count). The molecule has 0 radical (unpaired) electrons. The molecule has 0 spiro atoms. The van der Waals surface area contributed by atoms with E-state index in [9.17, 15) is 9.59 Å². The number of carbonyl (C=O) groups excluding carboxylic acids is 2. The van der Waals surface area contributed by atoms with Gasteiger partial charge in [-0.15, -0.1) is 0 Å². The van der Waals surface area contributed by atoms with Gasteiger partial charge in [-0.1, -0.05) is 20.8 Å². The molecule has 1 aliphatic heterocycles. The molecule has 2 fully saturated rings. The van der Waals surface area contributed by atoms with Crippen molar-refractivity contribution < 1.29 is 9.59 Å². The molecule has 0 unspecified atom stereocenters. The first-order chi connectivity index (χ1) is 8.88. The molecular formula is C16H27NO2. The summed E-state index contributed by atoms with van der Waals surface area (Å²) in [5, 5.41) is 0. The van der Waals surface area contributed by atoms with E-state index in [1.54, 1.807) is 4.90 Å². The van der Waals surface area contributed by atoms with Gasteiger partial charge >= 0.3 is 0 Å². The van der Waals surface area contributed by atoms with Crippen LogP contribution in [0.2, 0.25) is 0 Å². The first-order valence-corrected chi connectivity index (χ1v) is 7.68. The van der Waals surface area contributed by atoms with Crippen molar-refractivity contribution in [1.29, 1.82) is 0 Å². The molecule has 19 heavy (non-hydrogen) atoms. The van der Waals surface area contributed by atoms with Crippen LogP contribution in [0, 0.1) is 17.3 Å². The van der Waals surface area contributed by atoms with E-state index in [0.717, 1.165) is 44.6 Å². The van der Waals surface area contributed by atoms with Crippen molar-refractivity contribution in [2.24, 2.45) is 17.3 Å². The summed E-state index contributed by atoms with van der Waals surface area (Å²) in [6.45, 7) is 8.02. The van der Waals surface area contributed by atoms with E-state index in [2.05, 4.69) is 20.8 Å². The monoisotopic (exact) mass is 265 g/mol. The van der Waals surface area contributed by atoms with Gasteiger partial charge in [0.1, 0.15) is 0 Å². The summed E-state index contributed by atoms with van der Waals surface area (Å²) in [7, 11) is 0. The molecular weight excluding hydrogens is 238 g/mol. The van der Waals surface area contributed by atoms with Crippen LogP contribution in [-0.2, 0) is 9.59 Å². The summed E-state index contributed by atoms with van der Waals surface area (Å²) in [5.74, 6) is 1.37. The first-order valence-electron chi connectivity index (χ1n) is 7.68. The zero-order chi connectivity index (χ0) is 14.0. The van der Waals surface area contributed by atoms with Gasteiger partial charge in [0.2, 0.25) is 5.91 Å². The maximum Gasteiger partial charge on any atom is 0.226 e. The summed E-state index contributed by atoms with van der Waals surface area (Å²) in [4.78, 5) is 25.7. The molecule has 0 aromatic heterocycles. The third-order valence-electron chi connectivity index (χ3n) is 4.86. The zero-order valence-electron chi connectivity index (χ0n) is 12.6. The maximum atomic E-state index is 12.4. The van der Waals surface area contributed by atoms with Gasteiger partial charge in [-0.05, 0) is 43.4 Å². The third-order valence-corrected chi connectivity index (χ3v) is 4.86. The van der Waals surface area contributed by atoms with Crippen LogP contribution < -0.4 is 0 Å². The molecule has 0 aromatic rings. The summed E-state index contributed by atoms with van der Waals surface area (Å²) in [6, 6.07) is 0. The Bertz CT molecular complexity index is 348. The normalized spacial score (nSPS) is 29.4. The lowest BCUT2D eigenvalue weighted by atomic mass is 9.69. The Morgan fingerprint density at radius 1 is 1.16 bits per heavy atom. The molecule has 0 aromatic carbocycles. The minimum absolute atomic E-state index is 0.171. The Labute approximate surface area is 116 Å². The number of ketones is 1. The second-order valence-corrected chi connectivity index (χ2v) is 7.32. The van der Waals surface area contributed by atoms with Crippen LogP contribution in [0.1, 0.15) is 59.3 Å². The molecule has 1 aliphatic carbocycles. The second-order valence-electron chi connectivity index (χ2n) is 7.32. The molecule has 0 N–H and O–H groups in total. The van der Waals surface area contributed by atoms with Gasteiger partial charge in [0, 0.05) is 18.9 Å². The van der Waals surface area contributed by atoms with Crippen LogP contribution in [0.4, 0.5) is 0 Å². The first kappa shape index (κ1) is 14.5. The SMILES string of the molecule is CC(C)(C)C1CCC(C(=O)N2CCCC(=O)C2)CC1. The van der Waals surface area contributed by atoms with Crippen LogP contribution in [0.5, 0.6) is 0 Å². The topological polar surface area (TPSA) is 37.4 Å². The van der Waals surface area contributed by atoms with Gasteiger partial charge < -0.3 is 4.90 Å². The molecule has 0 bridgehead atoms. The van der Waals surface area contributed by atoms with E-state index in [1.807, 2.05) is 0 Å². The van der Waals surface area contributed by atoms with Crippen LogP contribution >= 0.6 is 0 Å². The fourth-order valence-electron chi connectivity index (χ4n) is 3.49. The third kappa shape index (κ3) is 3.58. The number of nitrogens with zero attached hydrogens (tertiary/aromatic N) is 1. The molecule has 3 heteroatoms. The van der Waals surface area contributed by atoms with Crippen LogP contribution in [-0.4, -0.2) is 29.7 Å². The van der Waals surface area contributed by atoms with E-state index in [1.165, 1.54) is 0 Å². The average Bonchev–Trinajstić information content (AvgIpc) is 2.37. The smallest absolute Gasteiger partial charge is 0.226 e. The highest BCUT2D eigenvalue weighted by molar-refractivity contribution is 5.88. The fourth-order valence-corrected chi connectivity index (χ4v) is 3.49. The molecule has 1 amide bonds. The number of Topliss-reactive ketones (excluding diaryl/α,β-unsaturated/α-hetero) is 1. The average molecular weight is 265 g/mol. The largest absolute Gasteiger partial charge is 0.335 e. The number of hydrogen-bond donors (Lipinski definition) is 0. The lowest BCUT2D eigenvalue weighted by Gasteiger charge is -2.38. The lowest BCUT2D eigenvalue weighted by Crippen LogP contribution is -2.44. The molecule has 108 valence electrons. The predicted molar refractivity (Wildman–Crippen MR) is 75.7 cm³/mol. The summed E-state index contributed by atoms with van der Waals surface area (Å²) in [5.41, 5.74) is 0.356. The van der Waals surface area contributed by atoms with Gasteiger partial charge in [-0.25, -0.2) is 0 Å². The Balaban J connectivity index is 1.87. The molecule has 3 nitrogen and oxygen atoms in total. The molecule has 1 saturated carbocycles. The number of hydrogen-bond acceptors (Lipinski definition) is 2. The van der Waals surface area contributed by atoms with E-state index in [0.29, 0.717) is 18.4 Å². The summed E-state index contributed by atoms with van der Waals surface area (Å²) >= 11 is 0. The Hall–Kier alpha value is -0.860. The summed E-state index contributed by atoms with van der Waals surface area (Å²) < 4.78 is 0. The van der Waals surface area contributed by atoms with Crippen molar-refractivity contribution in [1.82, 2.24) is 4.90 Å². The van der Waals surface area contributed by atoms with E-state index < -0.39 is 0 Å². The second kappa shape index (κ2) is 5.64. The maximum absolute atomic E-state index is 12.4. The molecule has 2 aliphatic rings. The number of likely N-dealkylation sites (tertiary alicyclic amines) is 1. The standard InChI is InChI=1S/C16H27NO2/c1-16(2,3)13-8-6-12(7-9-13)15(19)17-10-4-5-14(18)11-17/h12-13H,4-11H2,1-3H3. The lowest BCUT2D eigenvalue weighted by molar-refractivity contribution is -0.142. The minimum atomic E-state index is 0.171. The number of piperidine rings is 1. The van der Waals surface area contributed by atoms with Gasteiger partial charge in [-0.2, -0.15) is 0 Å². The predicted octanol–water partition coefficient (Wildman–Crippen LogP) is 3.03. The highest BCUT2D eigenvalue weighted by Gasteiger charge is 2.34. The van der Waals surface area contributed by atoms with Crippen LogP contribution in [0.3, 0.4) is 0 Å². The highest BCUT2D eigenvalue weighted by atomic mass is 16.2. The van der Waals surface area contributed by atoms with Gasteiger partial charge in [0.05, 0.1) is 6.54 Å². The highest BCUT2D eigenvalue weighted by Crippen LogP contribution is 2.40. The van der Waals surface area contributed by atoms with Crippen molar-refractivity contribution >= 4 is 11.7 Å². The van der Waals surface area contributed by atoms with E-state index in [-0.39, 0.29) is 17.6 Å². The number of amides is 1. The van der Waals surface area contributed by atoms with Gasteiger partial charge in [-0.3, -0.25) is 9.59 Å². The van der Waals surface area contributed by atoms with E-state index in [4.69, 9.17) is 0 Å². The number of carbonyl (C=O) groups is 2. The van der Waals surface area contributed by atoms with Crippen molar-refractivity contribution in [3.05, 3.63) is 0 Å². The van der Waals surface area contributed by atoms with Crippen LogP contribution in [0.15, 0.2) is 0 Å². The quantitative estimate of drug-likeness (QED) is 0.731. The zero-order valence-corrected chi connectivity index (χ0v) is 12.6. The molecule has 1 heterocycles. The Morgan fingerprint density at radius 2 is 1.79 bits per heavy atom. The van der Waals surface area contributed by atoms with Gasteiger partial charge in [0.15, 0.2) is 5.78 Å². The molecule has 1 saturated heterocycles. The molecule has 0 atom stereocenters. The minimum Gasteiger partial charge on any atom is -0.335 e. The Kier molecular flexibility index (Phi) is 4.32. The van der Waals surface area contributed by atoms with Crippen molar-refractivity contribution in [2.75, 3.05) is 13.1 Å². The van der Waals surface area contributed by atoms with E-state index >= 15 is 0 Å². The fraction of sp³-hybridized carbons (Fsp3) is 0.875. The van der Waals surface area contributed by atoms with Crippen molar-refractivity contribution in [2.45, 2.75) is 59.3 Å². The van der Waals surface area contributed by atoms with Crippen molar-refractivity contribution in [3.63, 3.8) is 0 Å². The number of rotatable bonds is 1.